The third-order valence-corrected chi connectivity index (χ3v) is 4.72. The van der Waals surface area contributed by atoms with E-state index in [0.717, 1.165) is 10.6 Å². The fourth-order valence-corrected chi connectivity index (χ4v) is 2.91. The molecule has 0 amide bonds. The molecular formula is C13H18N2OS2. The minimum absolute atomic E-state index is 0.106. The van der Waals surface area contributed by atoms with Gasteiger partial charge in [-0.15, -0.1) is 11.8 Å². The molecule has 2 unspecified atom stereocenters. The fourth-order valence-electron chi connectivity index (χ4n) is 1.71. The first-order valence-corrected chi connectivity index (χ1v) is 8.16. The molecule has 2 N–H and O–H groups in total. The summed E-state index contributed by atoms with van der Waals surface area (Å²) in [6, 6.07) is 8.14. The molecule has 0 aliphatic rings. The Morgan fingerprint density at radius 3 is 2.67 bits per heavy atom. The van der Waals surface area contributed by atoms with Crippen molar-refractivity contribution in [3.8, 4) is 6.07 Å². The average Bonchev–Trinajstić information content (AvgIpc) is 2.39. The second kappa shape index (κ2) is 7.57. The van der Waals surface area contributed by atoms with Crippen molar-refractivity contribution in [1.29, 1.82) is 5.26 Å². The predicted molar refractivity (Wildman–Crippen MR) is 80.4 cm³/mol. The maximum atomic E-state index is 9.27. The Morgan fingerprint density at radius 1 is 1.44 bits per heavy atom. The summed E-state index contributed by atoms with van der Waals surface area (Å²) in [6.45, 7) is 2.14. The van der Waals surface area contributed by atoms with Gasteiger partial charge in [-0.3, -0.25) is 0 Å². The average molecular weight is 282 g/mol. The van der Waals surface area contributed by atoms with E-state index in [1.165, 1.54) is 0 Å². The second-order valence-electron chi connectivity index (χ2n) is 3.88. The standard InChI is InChI=1S/C13H18N2OS2/c1-9(13(8-16)18-3)15-11-5-4-6-12(17-2)10(11)7-14/h4-6,9,13,15-16H,8H2,1-3H3. The van der Waals surface area contributed by atoms with Crippen LogP contribution in [0, 0.1) is 11.3 Å². The van der Waals surface area contributed by atoms with Gasteiger partial charge in [0, 0.05) is 16.2 Å². The number of hydrogen-bond donors (Lipinski definition) is 2. The largest absolute Gasteiger partial charge is 0.395 e. The summed E-state index contributed by atoms with van der Waals surface area (Å²) in [5.41, 5.74) is 1.51. The lowest BCUT2D eigenvalue weighted by atomic mass is 10.1. The molecule has 0 aliphatic heterocycles. The van der Waals surface area contributed by atoms with Gasteiger partial charge in [0.2, 0.25) is 0 Å². The fraction of sp³-hybridized carbons (Fsp3) is 0.462. The Bertz CT molecular complexity index is 427. The SMILES string of the molecule is CSc1cccc(NC(C)C(CO)SC)c1C#N. The van der Waals surface area contributed by atoms with Crippen molar-refractivity contribution in [3.63, 3.8) is 0 Å². The summed E-state index contributed by atoms with van der Waals surface area (Å²) in [5, 5.41) is 22.0. The van der Waals surface area contributed by atoms with E-state index in [1.54, 1.807) is 23.5 Å². The van der Waals surface area contributed by atoms with E-state index in [-0.39, 0.29) is 17.9 Å². The number of aliphatic hydroxyl groups is 1. The van der Waals surface area contributed by atoms with Crippen molar-refractivity contribution in [2.45, 2.75) is 23.1 Å². The second-order valence-corrected chi connectivity index (χ2v) is 5.81. The number of anilines is 1. The van der Waals surface area contributed by atoms with E-state index in [9.17, 15) is 10.4 Å². The van der Waals surface area contributed by atoms with Crippen molar-refractivity contribution >= 4 is 29.2 Å². The van der Waals surface area contributed by atoms with Gasteiger partial charge in [-0.1, -0.05) is 6.07 Å². The smallest absolute Gasteiger partial charge is 0.102 e. The Morgan fingerprint density at radius 2 is 2.17 bits per heavy atom. The topological polar surface area (TPSA) is 56.0 Å². The molecule has 0 saturated carbocycles. The molecule has 0 bridgehead atoms. The molecule has 5 heteroatoms. The maximum absolute atomic E-state index is 9.27. The zero-order valence-corrected chi connectivity index (χ0v) is 12.4. The van der Waals surface area contributed by atoms with Crippen LogP contribution in [0.5, 0.6) is 0 Å². The molecular weight excluding hydrogens is 264 g/mol. The highest BCUT2D eigenvalue weighted by atomic mass is 32.2. The predicted octanol–water partition coefficient (Wildman–Crippen LogP) is 2.80. The van der Waals surface area contributed by atoms with Crippen molar-refractivity contribution in [2.75, 3.05) is 24.4 Å². The number of nitrogens with zero attached hydrogens (tertiary/aromatic N) is 1. The Labute approximate surface area is 117 Å². The molecule has 0 radical (unpaired) electrons. The van der Waals surface area contributed by atoms with Crippen LogP contribution in [0.2, 0.25) is 0 Å². The van der Waals surface area contributed by atoms with Crippen LogP contribution in [0.3, 0.4) is 0 Å². The van der Waals surface area contributed by atoms with Crippen LogP contribution in [-0.2, 0) is 0 Å². The molecule has 0 aliphatic carbocycles. The van der Waals surface area contributed by atoms with Crippen LogP contribution in [0.15, 0.2) is 23.1 Å². The zero-order valence-electron chi connectivity index (χ0n) is 10.8. The van der Waals surface area contributed by atoms with E-state index in [0.29, 0.717) is 5.56 Å². The molecule has 0 aromatic heterocycles. The highest BCUT2D eigenvalue weighted by molar-refractivity contribution is 7.99. The van der Waals surface area contributed by atoms with E-state index in [2.05, 4.69) is 11.4 Å². The molecule has 1 rings (SSSR count). The molecule has 0 spiro atoms. The van der Waals surface area contributed by atoms with Crippen LogP contribution < -0.4 is 5.32 Å². The van der Waals surface area contributed by atoms with Crippen molar-refractivity contribution in [3.05, 3.63) is 23.8 Å². The molecule has 0 fully saturated rings. The molecule has 0 heterocycles. The van der Waals surface area contributed by atoms with E-state index < -0.39 is 0 Å². The number of nitriles is 1. The first-order valence-electron chi connectivity index (χ1n) is 5.65. The first-order chi connectivity index (χ1) is 8.67. The van der Waals surface area contributed by atoms with Gasteiger partial charge in [0.25, 0.3) is 0 Å². The van der Waals surface area contributed by atoms with Gasteiger partial charge in [-0.2, -0.15) is 17.0 Å². The van der Waals surface area contributed by atoms with Gasteiger partial charge in [-0.05, 0) is 31.6 Å². The first kappa shape index (κ1) is 15.2. The van der Waals surface area contributed by atoms with Gasteiger partial charge in [-0.25, -0.2) is 0 Å². The van der Waals surface area contributed by atoms with Crippen LogP contribution in [0.4, 0.5) is 5.69 Å². The Kier molecular flexibility index (Phi) is 6.41. The molecule has 2 atom stereocenters. The summed E-state index contributed by atoms with van der Waals surface area (Å²) in [4.78, 5) is 0.972. The Balaban J connectivity index is 2.94. The lowest BCUT2D eigenvalue weighted by Crippen LogP contribution is -2.31. The highest BCUT2D eigenvalue weighted by Gasteiger charge is 2.17. The van der Waals surface area contributed by atoms with Crippen LogP contribution >= 0.6 is 23.5 Å². The van der Waals surface area contributed by atoms with Crippen LogP contribution in [0.1, 0.15) is 12.5 Å². The number of rotatable bonds is 6. The minimum Gasteiger partial charge on any atom is -0.395 e. The van der Waals surface area contributed by atoms with Gasteiger partial charge in [0.15, 0.2) is 0 Å². The van der Waals surface area contributed by atoms with Crippen LogP contribution in [-0.4, -0.2) is 35.5 Å². The van der Waals surface area contributed by atoms with Crippen LogP contribution in [0.25, 0.3) is 0 Å². The summed E-state index contributed by atoms with van der Waals surface area (Å²) < 4.78 is 0. The van der Waals surface area contributed by atoms with E-state index in [4.69, 9.17) is 0 Å². The molecule has 0 saturated heterocycles. The zero-order chi connectivity index (χ0) is 13.5. The summed E-state index contributed by atoms with van der Waals surface area (Å²) in [5.74, 6) is 0. The molecule has 1 aromatic carbocycles. The summed E-state index contributed by atoms with van der Waals surface area (Å²) in [7, 11) is 0. The molecule has 18 heavy (non-hydrogen) atoms. The third-order valence-electron chi connectivity index (χ3n) is 2.78. The number of aliphatic hydroxyl groups excluding tert-OH is 1. The van der Waals surface area contributed by atoms with Gasteiger partial charge in [0.05, 0.1) is 17.9 Å². The van der Waals surface area contributed by atoms with E-state index >= 15 is 0 Å². The van der Waals surface area contributed by atoms with Crippen molar-refractivity contribution in [1.82, 2.24) is 0 Å². The highest BCUT2D eigenvalue weighted by Crippen LogP contribution is 2.27. The van der Waals surface area contributed by atoms with Crippen molar-refractivity contribution in [2.24, 2.45) is 0 Å². The summed E-state index contributed by atoms with van der Waals surface area (Å²) >= 11 is 3.18. The third kappa shape index (κ3) is 3.58. The van der Waals surface area contributed by atoms with E-state index in [1.807, 2.05) is 37.6 Å². The number of thioether (sulfide) groups is 2. The van der Waals surface area contributed by atoms with Gasteiger partial charge in [0.1, 0.15) is 6.07 Å². The minimum atomic E-state index is 0.106. The molecule has 98 valence electrons. The van der Waals surface area contributed by atoms with Gasteiger partial charge < -0.3 is 10.4 Å². The normalized spacial score (nSPS) is 13.7. The Hall–Kier alpha value is -0.830. The maximum Gasteiger partial charge on any atom is 0.102 e. The van der Waals surface area contributed by atoms with Gasteiger partial charge >= 0.3 is 0 Å². The lowest BCUT2D eigenvalue weighted by Gasteiger charge is -2.23. The van der Waals surface area contributed by atoms with Crippen molar-refractivity contribution < 1.29 is 5.11 Å². The monoisotopic (exact) mass is 282 g/mol. The quantitative estimate of drug-likeness (QED) is 0.786. The number of hydrogen-bond acceptors (Lipinski definition) is 5. The summed E-state index contributed by atoms with van der Waals surface area (Å²) in [6.07, 6.45) is 3.93. The molecule has 3 nitrogen and oxygen atoms in total. The number of nitrogens with one attached hydrogen (secondary N) is 1. The lowest BCUT2D eigenvalue weighted by molar-refractivity contribution is 0.288. The number of benzene rings is 1. The molecule has 1 aromatic rings.